The van der Waals surface area contributed by atoms with E-state index in [1.165, 1.54) is 0 Å². The topological polar surface area (TPSA) is 101 Å². The first-order valence-corrected chi connectivity index (χ1v) is 11.5. The lowest BCUT2D eigenvalue weighted by atomic mass is 9.92. The number of nitriles is 1. The largest absolute Gasteiger partial charge is 0.404 e. The number of sulfonamides is 1. The van der Waals surface area contributed by atoms with E-state index in [-0.39, 0.29) is 11.9 Å². The Morgan fingerprint density at radius 2 is 1.94 bits per heavy atom. The van der Waals surface area contributed by atoms with Gasteiger partial charge in [0.15, 0.2) is 5.82 Å². The van der Waals surface area contributed by atoms with Gasteiger partial charge in [-0.1, -0.05) is 11.6 Å². The molecular formula is C20H17ClF3N5O2S. The summed E-state index contributed by atoms with van der Waals surface area (Å²) in [5.41, 5.74) is 1.51. The van der Waals surface area contributed by atoms with Crippen LogP contribution in [-0.2, 0) is 10.0 Å². The number of rotatable bonds is 5. The maximum absolute atomic E-state index is 12.8. The van der Waals surface area contributed by atoms with Gasteiger partial charge in [0.1, 0.15) is 22.7 Å². The molecule has 1 aliphatic rings. The molecule has 1 saturated carbocycles. The first kappa shape index (κ1) is 22.5. The van der Waals surface area contributed by atoms with Crippen molar-refractivity contribution in [3.05, 3.63) is 41.2 Å². The van der Waals surface area contributed by atoms with Crippen LogP contribution in [0.25, 0.3) is 22.4 Å². The minimum absolute atomic E-state index is 0.101. The lowest BCUT2D eigenvalue weighted by Gasteiger charge is -2.29. The quantitative estimate of drug-likeness (QED) is 0.572. The van der Waals surface area contributed by atoms with Gasteiger partial charge in [-0.15, -0.1) is 0 Å². The van der Waals surface area contributed by atoms with Crippen molar-refractivity contribution < 1.29 is 21.6 Å². The highest BCUT2D eigenvalue weighted by Gasteiger charge is 2.39. The van der Waals surface area contributed by atoms with Crippen molar-refractivity contribution in [1.29, 1.82) is 5.26 Å². The van der Waals surface area contributed by atoms with Crippen molar-refractivity contribution in [3.8, 4) is 17.6 Å². The van der Waals surface area contributed by atoms with Crippen LogP contribution in [0, 0.1) is 11.3 Å². The molecule has 0 radical (unpaired) electrons. The van der Waals surface area contributed by atoms with Crippen molar-refractivity contribution in [2.75, 3.05) is 0 Å². The second-order valence-electron chi connectivity index (χ2n) is 7.58. The molecule has 1 aromatic carbocycles. The molecule has 12 heteroatoms. The summed E-state index contributed by atoms with van der Waals surface area (Å²) in [7, 11) is -4.49. The predicted octanol–water partition coefficient (Wildman–Crippen LogP) is 4.58. The van der Waals surface area contributed by atoms with Crippen LogP contribution in [-0.4, -0.2) is 35.2 Å². The van der Waals surface area contributed by atoms with Crippen LogP contribution in [0.15, 0.2) is 35.5 Å². The van der Waals surface area contributed by atoms with Crippen molar-refractivity contribution in [2.45, 2.75) is 49.3 Å². The van der Waals surface area contributed by atoms with E-state index in [9.17, 15) is 26.9 Å². The fraction of sp³-hybridized carbons (Fsp3) is 0.350. The molecule has 0 bridgehead atoms. The Labute approximate surface area is 186 Å². The van der Waals surface area contributed by atoms with Crippen molar-refractivity contribution >= 4 is 32.5 Å². The van der Waals surface area contributed by atoms with Gasteiger partial charge < -0.3 is 4.57 Å². The van der Waals surface area contributed by atoms with Crippen LogP contribution in [0.5, 0.6) is 0 Å². The van der Waals surface area contributed by atoms with Gasteiger partial charge in [0.05, 0.1) is 23.5 Å². The predicted molar refractivity (Wildman–Crippen MR) is 111 cm³/mol. The van der Waals surface area contributed by atoms with Crippen molar-refractivity contribution in [1.82, 2.24) is 19.3 Å². The molecule has 1 aliphatic carbocycles. The number of nitrogens with zero attached hydrogens (tertiary/aromatic N) is 4. The zero-order chi connectivity index (χ0) is 23.3. The highest BCUT2D eigenvalue weighted by Crippen LogP contribution is 2.42. The summed E-state index contributed by atoms with van der Waals surface area (Å²) in [5.74, 6) is 0.101. The number of halogens is 4. The van der Waals surface area contributed by atoms with Gasteiger partial charge in [0.2, 0.25) is 10.0 Å². The SMILES string of the molecule is CC(NS(=O)(=O)c1cnc(-c2c(C#N)c3cc(Cl)ccc3n2C2CCC2)nc1)C(F)(F)F. The van der Waals surface area contributed by atoms with E-state index < -0.39 is 27.1 Å². The molecule has 0 aliphatic heterocycles. The van der Waals surface area contributed by atoms with E-state index in [0.717, 1.165) is 37.2 Å². The lowest BCUT2D eigenvalue weighted by Crippen LogP contribution is -2.43. The normalized spacial score (nSPS) is 16.0. The number of benzene rings is 1. The first-order valence-electron chi connectivity index (χ1n) is 9.68. The van der Waals surface area contributed by atoms with Gasteiger partial charge in [0, 0.05) is 16.5 Å². The van der Waals surface area contributed by atoms with E-state index in [1.54, 1.807) is 16.9 Å². The number of hydrogen-bond acceptors (Lipinski definition) is 5. The monoisotopic (exact) mass is 483 g/mol. The summed E-state index contributed by atoms with van der Waals surface area (Å²) >= 11 is 6.12. The molecule has 1 fully saturated rings. The Bertz CT molecular complexity index is 1330. The molecule has 0 amide bonds. The average Bonchev–Trinajstić information content (AvgIpc) is 2.99. The lowest BCUT2D eigenvalue weighted by molar-refractivity contribution is -0.147. The van der Waals surface area contributed by atoms with Crippen LogP contribution in [0.2, 0.25) is 5.02 Å². The number of nitrogens with one attached hydrogen (secondary N) is 1. The van der Waals surface area contributed by atoms with E-state index in [4.69, 9.17) is 11.6 Å². The summed E-state index contributed by atoms with van der Waals surface area (Å²) in [4.78, 5) is 7.68. The maximum atomic E-state index is 12.8. The van der Waals surface area contributed by atoms with Crippen LogP contribution in [0.3, 0.4) is 0 Å². The summed E-state index contributed by atoms with van der Waals surface area (Å²) in [5, 5.41) is 10.9. The molecule has 3 aromatic rings. The second-order valence-corrected chi connectivity index (χ2v) is 9.73. The van der Waals surface area contributed by atoms with E-state index in [0.29, 0.717) is 28.6 Å². The molecule has 1 N–H and O–H groups in total. The molecule has 0 spiro atoms. The highest BCUT2D eigenvalue weighted by atomic mass is 35.5. The van der Waals surface area contributed by atoms with E-state index in [1.807, 2.05) is 10.6 Å². The summed E-state index contributed by atoms with van der Waals surface area (Å²) in [6, 6.07) is 5.21. The highest BCUT2D eigenvalue weighted by molar-refractivity contribution is 7.89. The van der Waals surface area contributed by atoms with E-state index in [2.05, 4.69) is 16.0 Å². The van der Waals surface area contributed by atoms with Crippen LogP contribution in [0.4, 0.5) is 13.2 Å². The third-order valence-corrected chi connectivity index (χ3v) is 7.22. The van der Waals surface area contributed by atoms with Gasteiger partial charge in [-0.2, -0.15) is 23.2 Å². The zero-order valence-corrected chi connectivity index (χ0v) is 18.3. The van der Waals surface area contributed by atoms with Gasteiger partial charge in [-0.3, -0.25) is 0 Å². The van der Waals surface area contributed by atoms with Gasteiger partial charge in [-0.25, -0.2) is 18.4 Å². The summed E-state index contributed by atoms with van der Waals surface area (Å²) < 4.78 is 66.4. The Morgan fingerprint density at radius 3 is 2.47 bits per heavy atom. The van der Waals surface area contributed by atoms with Crippen LogP contribution in [0.1, 0.15) is 37.8 Å². The summed E-state index contributed by atoms with van der Waals surface area (Å²) in [6.07, 6.45) is -0.0395. The molecule has 0 saturated heterocycles. The first-order chi connectivity index (χ1) is 15.0. The number of fused-ring (bicyclic) bond motifs is 1. The molecule has 1 atom stereocenters. The van der Waals surface area contributed by atoms with E-state index >= 15 is 0 Å². The Balaban J connectivity index is 1.80. The molecular weight excluding hydrogens is 467 g/mol. The molecule has 32 heavy (non-hydrogen) atoms. The van der Waals surface area contributed by atoms with Crippen molar-refractivity contribution in [3.63, 3.8) is 0 Å². The third-order valence-electron chi connectivity index (χ3n) is 5.49. The minimum atomic E-state index is -4.74. The van der Waals surface area contributed by atoms with Crippen LogP contribution < -0.4 is 4.72 Å². The fourth-order valence-corrected chi connectivity index (χ4v) is 4.88. The molecule has 168 valence electrons. The Kier molecular flexibility index (Phi) is 5.65. The summed E-state index contributed by atoms with van der Waals surface area (Å²) in [6.45, 7) is 0.703. The third kappa shape index (κ3) is 3.94. The molecule has 4 rings (SSSR count). The van der Waals surface area contributed by atoms with Gasteiger partial charge in [0.25, 0.3) is 0 Å². The van der Waals surface area contributed by atoms with Crippen molar-refractivity contribution in [2.24, 2.45) is 0 Å². The average molecular weight is 484 g/mol. The van der Waals surface area contributed by atoms with Gasteiger partial charge in [-0.05, 0) is 44.4 Å². The zero-order valence-electron chi connectivity index (χ0n) is 16.7. The standard InChI is InChI=1S/C20H17ClF3N5O2S/c1-11(20(22,23)24)28-32(30,31)14-9-26-19(27-10-14)18-16(8-25)15-7-12(21)5-6-17(15)29(18)13-3-2-4-13/h5-7,9-11,13,28H,2-4H2,1H3. The number of hydrogen-bond donors (Lipinski definition) is 1. The fourth-order valence-electron chi connectivity index (χ4n) is 3.59. The maximum Gasteiger partial charge on any atom is 0.404 e. The molecule has 1 unspecified atom stereocenters. The second kappa shape index (κ2) is 8.03. The smallest absolute Gasteiger partial charge is 0.334 e. The van der Waals surface area contributed by atoms with Gasteiger partial charge >= 0.3 is 6.18 Å². The Hall–Kier alpha value is -2.68. The molecule has 7 nitrogen and oxygen atoms in total. The number of aromatic nitrogens is 3. The number of alkyl halides is 3. The minimum Gasteiger partial charge on any atom is -0.334 e. The Morgan fingerprint density at radius 1 is 1.28 bits per heavy atom. The molecule has 2 heterocycles. The van der Waals surface area contributed by atoms with Crippen LogP contribution >= 0.6 is 11.6 Å². The molecule has 2 aromatic heterocycles.